The summed E-state index contributed by atoms with van der Waals surface area (Å²) in [7, 11) is 1.71. The number of nitrogens with zero attached hydrogens (tertiary/aromatic N) is 1. The maximum absolute atomic E-state index is 12.2. The van der Waals surface area contributed by atoms with Crippen molar-refractivity contribution in [2.24, 2.45) is 0 Å². The number of rotatable bonds is 3. The summed E-state index contributed by atoms with van der Waals surface area (Å²) in [6, 6.07) is 8.24. The standard InChI is InChI=1S/C16H24N2O2/c1-16(2,20)11-18(3)15(19)17-14-10-6-8-12-7-4-5-9-13(12)14/h4-5,7,9,14,20H,6,8,10-11H2,1-3H3,(H,17,19). The molecule has 1 aliphatic carbocycles. The van der Waals surface area contributed by atoms with E-state index in [4.69, 9.17) is 0 Å². The number of benzene rings is 1. The average molecular weight is 276 g/mol. The molecule has 0 radical (unpaired) electrons. The van der Waals surface area contributed by atoms with Crippen molar-refractivity contribution in [3.8, 4) is 0 Å². The number of nitrogens with one attached hydrogen (secondary N) is 1. The number of aryl methyl sites for hydroxylation is 1. The van der Waals surface area contributed by atoms with Gasteiger partial charge in [-0.25, -0.2) is 4.79 Å². The fourth-order valence-electron chi connectivity index (χ4n) is 2.82. The third kappa shape index (κ3) is 3.73. The summed E-state index contributed by atoms with van der Waals surface area (Å²) in [6.07, 6.45) is 3.15. The first-order valence-electron chi connectivity index (χ1n) is 7.18. The van der Waals surface area contributed by atoms with Crippen LogP contribution in [0.1, 0.15) is 43.9 Å². The lowest BCUT2D eigenvalue weighted by Crippen LogP contribution is -2.46. The molecule has 2 amide bonds. The molecule has 4 heteroatoms. The minimum absolute atomic E-state index is 0.0803. The molecule has 1 aliphatic rings. The van der Waals surface area contributed by atoms with Crippen molar-refractivity contribution in [2.75, 3.05) is 13.6 Å². The van der Waals surface area contributed by atoms with Gasteiger partial charge in [0.25, 0.3) is 0 Å². The summed E-state index contributed by atoms with van der Waals surface area (Å²) in [5.74, 6) is 0. The second kappa shape index (κ2) is 5.83. The molecule has 0 saturated carbocycles. The summed E-state index contributed by atoms with van der Waals surface area (Å²) >= 11 is 0. The van der Waals surface area contributed by atoms with E-state index >= 15 is 0 Å². The number of amides is 2. The van der Waals surface area contributed by atoms with Gasteiger partial charge in [-0.15, -0.1) is 0 Å². The molecule has 20 heavy (non-hydrogen) atoms. The van der Waals surface area contributed by atoms with Gasteiger partial charge in [0.1, 0.15) is 0 Å². The van der Waals surface area contributed by atoms with E-state index in [1.54, 1.807) is 20.9 Å². The van der Waals surface area contributed by atoms with Crippen molar-refractivity contribution in [3.05, 3.63) is 35.4 Å². The van der Waals surface area contributed by atoms with E-state index in [1.807, 2.05) is 12.1 Å². The van der Waals surface area contributed by atoms with Crippen LogP contribution in [0.4, 0.5) is 4.79 Å². The zero-order valence-corrected chi connectivity index (χ0v) is 12.5. The van der Waals surface area contributed by atoms with Gasteiger partial charge in [-0.05, 0) is 44.2 Å². The topological polar surface area (TPSA) is 52.6 Å². The van der Waals surface area contributed by atoms with E-state index in [1.165, 1.54) is 16.0 Å². The van der Waals surface area contributed by atoms with Crippen molar-refractivity contribution in [1.29, 1.82) is 0 Å². The van der Waals surface area contributed by atoms with Crippen LogP contribution < -0.4 is 5.32 Å². The van der Waals surface area contributed by atoms with Crippen LogP contribution in [-0.2, 0) is 6.42 Å². The van der Waals surface area contributed by atoms with Gasteiger partial charge < -0.3 is 15.3 Å². The van der Waals surface area contributed by atoms with Crippen molar-refractivity contribution >= 4 is 6.03 Å². The highest BCUT2D eigenvalue weighted by atomic mass is 16.3. The van der Waals surface area contributed by atoms with Crippen molar-refractivity contribution < 1.29 is 9.90 Å². The van der Waals surface area contributed by atoms with Crippen molar-refractivity contribution in [3.63, 3.8) is 0 Å². The largest absolute Gasteiger partial charge is 0.389 e. The molecule has 0 aliphatic heterocycles. The lowest BCUT2D eigenvalue weighted by atomic mass is 9.88. The molecule has 2 rings (SSSR count). The fourth-order valence-corrected chi connectivity index (χ4v) is 2.82. The van der Waals surface area contributed by atoms with Gasteiger partial charge in [-0.1, -0.05) is 24.3 Å². The van der Waals surface area contributed by atoms with E-state index < -0.39 is 5.60 Å². The molecule has 0 heterocycles. The highest BCUT2D eigenvalue weighted by molar-refractivity contribution is 5.74. The lowest BCUT2D eigenvalue weighted by molar-refractivity contribution is 0.0527. The molecule has 2 N–H and O–H groups in total. The third-order valence-corrected chi connectivity index (χ3v) is 3.64. The molecular formula is C16H24N2O2. The Bertz CT molecular complexity index is 480. The second-order valence-electron chi connectivity index (χ2n) is 6.26. The number of aliphatic hydroxyl groups is 1. The minimum Gasteiger partial charge on any atom is -0.389 e. The van der Waals surface area contributed by atoms with Crippen LogP contribution in [-0.4, -0.2) is 35.2 Å². The van der Waals surface area contributed by atoms with Crippen LogP contribution in [0.2, 0.25) is 0 Å². The Kier molecular flexibility index (Phi) is 4.33. The maximum atomic E-state index is 12.2. The van der Waals surface area contributed by atoms with E-state index in [2.05, 4.69) is 17.4 Å². The molecule has 0 spiro atoms. The number of carbonyl (C=O) groups excluding carboxylic acids is 1. The molecule has 110 valence electrons. The predicted octanol–water partition coefficient (Wildman–Crippen LogP) is 2.48. The first-order chi connectivity index (χ1) is 9.37. The molecule has 1 unspecified atom stereocenters. The summed E-state index contributed by atoms with van der Waals surface area (Å²) in [4.78, 5) is 13.7. The predicted molar refractivity (Wildman–Crippen MR) is 79.6 cm³/mol. The molecule has 0 aromatic heterocycles. The molecule has 1 aromatic carbocycles. The molecular weight excluding hydrogens is 252 g/mol. The minimum atomic E-state index is -0.878. The fraction of sp³-hybridized carbons (Fsp3) is 0.562. The van der Waals surface area contributed by atoms with Gasteiger partial charge in [0.15, 0.2) is 0 Å². The van der Waals surface area contributed by atoms with Gasteiger partial charge >= 0.3 is 6.03 Å². The molecule has 1 aromatic rings. The molecule has 0 saturated heterocycles. The lowest BCUT2D eigenvalue weighted by Gasteiger charge is -2.30. The molecule has 0 bridgehead atoms. The monoisotopic (exact) mass is 276 g/mol. The van der Waals surface area contributed by atoms with Crippen LogP contribution in [0.15, 0.2) is 24.3 Å². The normalized spacial score (nSPS) is 18.3. The summed E-state index contributed by atoms with van der Waals surface area (Å²) in [5, 5.41) is 12.9. The van der Waals surface area contributed by atoms with E-state index in [-0.39, 0.29) is 12.1 Å². The molecule has 1 atom stereocenters. The van der Waals surface area contributed by atoms with Crippen molar-refractivity contribution in [2.45, 2.75) is 44.8 Å². The molecule has 4 nitrogen and oxygen atoms in total. The first-order valence-corrected chi connectivity index (χ1v) is 7.18. The van der Waals surface area contributed by atoms with E-state index in [9.17, 15) is 9.90 Å². The zero-order valence-electron chi connectivity index (χ0n) is 12.5. The Morgan fingerprint density at radius 1 is 1.45 bits per heavy atom. The van der Waals surface area contributed by atoms with Crippen LogP contribution in [0, 0.1) is 0 Å². The van der Waals surface area contributed by atoms with Crippen LogP contribution >= 0.6 is 0 Å². The van der Waals surface area contributed by atoms with Gasteiger partial charge in [0, 0.05) is 7.05 Å². The summed E-state index contributed by atoms with van der Waals surface area (Å²) < 4.78 is 0. The van der Waals surface area contributed by atoms with Gasteiger partial charge in [0.05, 0.1) is 18.2 Å². The van der Waals surface area contributed by atoms with Gasteiger partial charge in [-0.2, -0.15) is 0 Å². The summed E-state index contributed by atoms with van der Waals surface area (Å²) in [5.41, 5.74) is 1.68. The number of hydrogen-bond donors (Lipinski definition) is 2. The first kappa shape index (κ1) is 14.9. The Hall–Kier alpha value is -1.55. The number of carbonyl (C=O) groups is 1. The smallest absolute Gasteiger partial charge is 0.317 e. The number of hydrogen-bond acceptors (Lipinski definition) is 2. The van der Waals surface area contributed by atoms with Crippen molar-refractivity contribution in [1.82, 2.24) is 10.2 Å². The van der Waals surface area contributed by atoms with Crippen LogP contribution in [0.5, 0.6) is 0 Å². The summed E-state index contributed by atoms with van der Waals surface area (Å²) in [6.45, 7) is 3.71. The van der Waals surface area contributed by atoms with E-state index in [0.717, 1.165) is 19.3 Å². The Labute approximate surface area is 120 Å². The maximum Gasteiger partial charge on any atom is 0.317 e. The quantitative estimate of drug-likeness (QED) is 0.891. The Morgan fingerprint density at radius 3 is 2.85 bits per heavy atom. The third-order valence-electron chi connectivity index (χ3n) is 3.64. The molecule has 0 fully saturated rings. The van der Waals surface area contributed by atoms with E-state index in [0.29, 0.717) is 6.54 Å². The Morgan fingerprint density at radius 2 is 2.15 bits per heavy atom. The second-order valence-corrected chi connectivity index (χ2v) is 6.26. The average Bonchev–Trinajstić information content (AvgIpc) is 2.37. The van der Waals surface area contributed by atoms with Crippen LogP contribution in [0.3, 0.4) is 0 Å². The zero-order chi connectivity index (χ0) is 14.8. The Balaban J connectivity index is 2.02. The number of urea groups is 1. The highest BCUT2D eigenvalue weighted by Crippen LogP contribution is 2.29. The number of likely N-dealkylation sites (N-methyl/N-ethyl adjacent to an activating group) is 1. The number of fused-ring (bicyclic) bond motifs is 1. The van der Waals surface area contributed by atoms with Crippen LogP contribution in [0.25, 0.3) is 0 Å². The van der Waals surface area contributed by atoms with Gasteiger partial charge in [-0.3, -0.25) is 0 Å². The highest BCUT2D eigenvalue weighted by Gasteiger charge is 2.24. The SMILES string of the molecule is CN(CC(C)(C)O)C(=O)NC1CCCc2ccccc21. The van der Waals surface area contributed by atoms with Gasteiger partial charge in [0.2, 0.25) is 0 Å².